The SMILES string of the molecule is OCCN(CCO)[C@@H]1COC[C@H]1O. The summed E-state index contributed by atoms with van der Waals surface area (Å²) in [5.41, 5.74) is 0. The minimum absolute atomic E-state index is 0.0310. The van der Waals surface area contributed by atoms with Gasteiger partial charge in [-0.05, 0) is 0 Å². The molecular formula is C8H17NO4. The summed E-state index contributed by atoms with van der Waals surface area (Å²) < 4.78 is 5.09. The molecule has 5 nitrogen and oxygen atoms in total. The Morgan fingerprint density at radius 3 is 2.15 bits per heavy atom. The van der Waals surface area contributed by atoms with Crippen LogP contribution in [-0.4, -0.2) is 71.9 Å². The van der Waals surface area contributed by atoms with E-state index in [0.29, 0.717) is 26.3 Å². The van der Waals surface area contributed by atoms with Crippen LogP contribution in [-0.2, 0) is 4.74 Å². The zero-order valence-corrected chi connectivity index (χ0v) is 7.59. The van der Waals surface area contributed by atoms with Crippen LogP contribution >= 0.6 is 0 Å². The summed E-state index contributed by atoms with van der Waals surface area (Å²) in [5.74, 6) is 0. The second-order valence-corrected chi connectivity index (χ2v) is 3.16. The van der Waals surface area contributed by atoms with Crippen molar-refractivity contribution < 1.29 is 20.1 Å². The summed E-state index contributed by atoms with van der Waals surface area (Å²) in [7, 11) is 0. The Labute approximate surface area is 77.5 Å². The van der Waals surface area contributed by atoms with Crippen LogP contribution in [0.4, 0.5) is 0 Å². The third kappa shape index (κ3) is 2.89. The first-order valence-corrected chi connectivity index (χ1v) is 4.51. The van der Waals surface area contributed by atoms with Crippen molar-refractivity contribution in [1.82, 2.24) is 4.90 Å². The van der Waals surface area contributed by atoms with E-state index >= 15 is 0 Å². The normalized spacial score (nSPS) is 28.6. The molecule has 5 heteroatoms. The Morgan fingerprint density at radius 1 is 1.15 bits per heavy atom. The number of aliphatic hydroxyl groups is 3. The van der Waals surface area contributed by atoms with E-state index < -0.39 is 6.10 Å². The van der Waals surface area contributed by atoms with Crippen molar-refractivity contribution in [3.8, 4) is 0 Å². The van der Waals surface area contributed by atoms with E-state index in [1.54, 1.807) is 0 Å². The zero-order chi connectivity index (χ0) is 9.68. The van der Waals surface area contributed by atoms with E-state index in [2.05, 4.69) is 0 Å². The smallest absolute Gasteiger partial charge is 0.0950 e. The molecule has 0 spiro atoms. The summed E-state index contributed by atoms with van der Waals surface area (Å²) in [6.07, 6.45) is -0.502. The second-order valence-electron chi connectivity index (χ2n) is 3.16. The predicted molar refractivity (Wildman–Crippen MR) is 46.4 cm³/mol. The first kappa shape index (κ1) is 10.9. The van der Waals surface area contributed by atoms with Crippen molar-refractivity contribution >= 4 is 0 Å². The maximum atomic E-state index is 9.48. The molecule has 1 heterocycles. The van der Waals surface area contributed by atoms with Gasteiger partial charge in [-0.1, -0.05) is 0 Å². The fraction of sp³-hybridized carbons (Fsp3) is 1.00. The van der Waals surface area contributed by atoms with Gasteiger partial charge in [0, 0.05) is 13.1 Å². The third-order valence-corrected chi connectivity index (χ3v) is 2.26. The third-order valence-electron chi connectivity index (χ3n) is 2.26. The quantitative estimate of drug-likeness (QED) is 0.470. The molecule has 1 aliphatic heterocycles. The molecule has 0 saturated carbocycles. The number of rotatable bonds is 5. The number of aliphatic hydroxyl groups excluding tert-OH is 3. The highest BCUT2D eigenvalue weighted by Gasteiger charge is 2.30. The molecule has 1 aliphatic rings. The van der Waals surface area contributed by atoms with Crippen molar-refractivity contribution in [2.24, 2.45) is 0 Å². The lowest BCUT2D eigenvalue weighted by Crippen LogP contribution is -2.45. The summed E-state index contributed by atoms with van der Waals surface area (Å²) in [5, 5.41) is 27.0. The van der Waals surface area contributed by atoms with Gasteiger partial charge in [-0.25, -0.2) is 0 Å². The van der Waals surface area contributed by atoms with Crippen LogP contribution in [0.2, 0.25) is 0 Å². The van der Waals surface area contributed by atoms with Gasteiger partial charge in [0.2, 0.25) is 0 Å². The maximum Gasteiger partial charge on any atom is 0.0950 e. The largest absolute Gasteiger partial charge is 0.395 e. The first-order valence-electron chi connectivity index (χ1n) is 4.51. The molecule has 0 amide bonds. The monoisotopic (exact) mass is 191 g/mol. The second kappa shape index (κ2) is 5.51. The molecule has 13 heavy (non-hydrogen) atoms. The maximum absolute atomic E-state index is 9.48. The van der Waals surface area contributed by atoms with Crippen LogP contribution in [0.5, 0.6) is 0 Å². The van der Waals surface area contributed by atoms with Gasteiger partial charge >= 0.3 is 0 Å². The fourth-order valence-electron chi connectivity index (χ4n) is 1.58. The highest BCUT2D eigenvalue weighted by atomic mass is 16.5. The van der Waals surface area contributed by atoms with Crippen LogP contribution in [0.3, 0.4) is 0 Å². The molecule has 0 radical (unpaired) electrons. The van der Waals surface area contributed by atoms with E-state index in [1.165, 1.54) is 0 Å². The van der Waals surface area contributed by atoms with Gasteiger partial charge < -0.3 is 20.1 Å². The van der Waals surface area contributed by atoms with Gasteiger partial charge in [0.25, 0.3) is 0 Å². The molecular weight excluding hydrogens is 174 g/mol. The molecule has 1 fully saturated rings. The van der Waals surface area contributed by atoms with E-state index in [0.717, 1.165) is 0 Å². The molecule has 0 aliphatic carbocycles. The number of hydrogen-bond donors (Lipinski definition) is 3. The minimum Gasteiger partial charge on any atom is -0.395 e. The lowest BCUT2D eigenvalue weighted by molar-refractivity contribution is 0.0588. The molecule has 78 valence electrons. The Bertz CT molecular complexity index is 138. The molecule has 0 bridgehead atoms. The molecule has 0 aromatic rings. The molecule has 1 rings (SSSR count). The van der Waals surface area contributed by atoms with Crippen LogP contribution in [0.15, 0.2) is 0 Å². The van der Waals surface area contributed by atoms with Gasteiger partial charge in [-0.2, -0.15) is 0 Å². The highest BCUT2D eigenvalue weighted by molar-refractivity contribution is 4.83. The molecule has 0 aromatic heterocycles. The average Bonchev–Trinajstić information content (AvgIpc) is 2.51. The molecule has 0 aromatic carbocycles. The van der Waals surface area contributed by atoms with Crippen LogP contribution in [0, 0.1) is 0 Å². The Morgan fingerprint density at radius 2 is 1.77 bits per heavy atom. The standard InChI is InChI=1S/C8H17NO4/c10-3-1-9(2-4-11)7-5-13-6-8(7)12/h7-8,10-12H,1-6H2/t7-,8-/m1/s1. The van der Waals surface area contributed by atoms with Crippen molar-refractivity contribution in [1.29, 1.82) is 0 Å². The molecule has 2 atom stereocenters. The molecule has 0 unspecified atom stereocenters. The summed E-state index contributed by atoms with van der Waals surface area (Å²) in [6, 6.07) is -0.0840. The van der Waals surface area contributed by atoms with Crippen LogP contribution in [0.1, 0.15) is 0 Å². The Kier molecular flexibility index (Phi) is 4.61. The summed E-state index contributed by atoms with van der Waals surface area (Å²) in [4.78, 5) is 1.84. The Hall–Kier alpha value is -0.200. The predicted octanol–water partition coefficient (Wildman–Crippen LogP) is -1.97. The first-order chi connectivity index (χ1) is 6.29. The lowest BCUT2D eigenvalue weighted by Gasteiger charge is -2.28. The molecule has 1 saturated heterocycles. The van der Waals surface area contributed by atoms with Gasteiger partial charge in [0.15, 0.2) is 0 Å². The van der Waals surface area contributed by atoms with Crippen molar-refractivity contribution in [2.45, 2.75) is 12.1 Å². The van der Waals surface area contributed by atoms with E-state index in [-0.39, 0.29) is 19.3 Å². The summed E-state index contributed by atoms with van der Waals surface area (Å²) in [6.45, 7) is 1.81. The van der Waals surface area contributed by atoms with Crippen molar-refractivity contribution in [2.75, 3.05) is 39.5 Å². The van der Waals surface area contributed by atoms with Gasteiger partial charge in [-0.15, -0.1) is 0 Å². The number of hydrogen-bond acceptors (Lipinski definition) is 5. The zero-order valence-electron chi connectivity index (χ0n) is 7.59. The van der Waals surface area contributed by atoms with Crippen molar-refractivity contribution in [3.05, 3.63) is 0 Å². The molecule has 3 N–H and O–H groups in total. The van der Waals surface area contributed by atoms with Crippen LogP contribution < -0.4 is 0 Å². The Balaban J connectivity index is 2.42. The topological polar surface area (TPSA) is 73.2 Å². The van der Waals surface area contributed by atoms with E-state index in [1.807, 2.05) is 4.90 Å². The van der Waals surface area contributed by atoms with Gasteiger partial charge in [0.05, 0.1) is 38.6 Å². The van der Waals surface area contributed by atoms with Gasteiger partial charge in [-0.3, -0.25) is 4.90 Å². The summed E-state index contributed by atoms with van der Waals surface area (Å²) >= 11 is 0. The fourth-order valence-corrected chi connectivity index (χ4v) is 1.58. The van der Waals surface area contributed by atoms with Gasteiger partial charge in [0.1, 0.15) is 0 Å². The number of ether oxygens (including phenoxy) is 1. The van der Waals surface area contributed by atoms with Crippen LogP contribution in [0.25, 0.3) is 0 Å². The lowest BCUT2D eigenvalue weighted by atomic mass is 10.2. The number of nitrogens with zero attached hydrogens (tertiary/aromatic N) is 1. The van der Waals surface area contributed by atoms with E-state index in [4.69, 9.17) is 14.9 Å². The average molecular weight is 191 g/mol. The van der Waals surface area contributed by atoms with E-state index in [9.17, 15) is 5.11 Å². The van der Waals surface area contributed by atoms with Crippen molar-refractivity contribution in [3.63, 3.8) is 0 Å². The highest BCUT2D eigenvalue weighted by Crippen LogP contribution is 2.12. The minimum atomic E-state index is -0.502.